The summed E-state index contributed by atoms with van der Waals surface area (Å²) >= 11 is 6.61. The molecule has 1 aromatic rings. The number of carbonyl (C=O) groups excluding carboxylic acids is 1. The SMILES string of the molecule is Nc1c(Br)cc(Br)cc1C(=O)OCC1CCCO1. The number of ether oxygens (including phenoxy) is 2. The van der Waals surface area contributed by atoms with Gasteiger partial charge >= 0.3 is 5.97 Å². The van der Waals surface area contributed by atoms with Gasteiger partial charge in [0.2, 0.25) is 0 Å². The zero-order chi connectivity index (χ0) is 13.1. The molecule has 1 aromatic carbocycles. The first-order chi connectivity index (χ1) is 8.58. The van der Waals surface area contributed by atoms with Crippen LogP contribution in [0, 0.1) is 0 Å². The summed E-state index contributed by atoms with van der Waals surface area (Å²) in [6.45, 7) is 1.02. The van der Waals surface area contributed by atoms with Crippen molar-refractivity contribution in [3.05, 3.63) is 26.6 Å². The van der Waals surface area contributed by atoms with Gasteiger partial charge in [-0.15, -0.1) is 0 Å². The van der Waals surface area contributed by atoms with E-state index in [1.165, 1.54) is 0 Å². The third-order valence-electron chi connectivity index (χ3n) is 2.74. The lowest BCUT2D eigenvalue weighted by atomic mass is 10.2. The molecule has 18 heavy (non-hydrogen) atoms. The van der Waals surface area contributed by atoms with E-state index in [1.807, 2.05) is 0 Å². The van der Waals surface area contributed by atoms with Crippen molar-refractivity contribution in [3.8, 4) is 0 Å². The minimum absolute atomic E-state index is 0.0192. The van der Waals surface area contributed by atoms with Gasteiger partial charge in [-0.1, -0.05) is 15.9 Å². The van der Waals surface area contributed by atoms with Gasteiger partial charge < -0.3 is 15.2 Å². The van der Waals surface area contributed by atoms with E-state index < -0.39 is 5.97 Å². The summed E-state index contributed by atoms with van der Waals surface area (Å²) in [4.78, 5) is 11.9. The second-order valence-corrected chi connectivity index (χ2v) is 5.85. The molecule has 0 aromatic heterocycles. The highest BCUT2D eigenvalue weighted by Gasteiger charge is 2.20. The number of halogens is 2. The lowest BCUT2D eigenvalue weighted by molar-refractivity contribution is 0.0162. The zero-order valence-electron chi connectivity index (χ0n) is 9.62. The highest BCUT2D eigenvalue weighted by molar-refractivity contribution is 9.11. The number of nitrogen functional groups attached to an aromatic ring is 1. The fourth-order valence-electron chi connectivity index (χ4n) is 1.78. The number of hydrogen-bond acceptors (Lipinski definition) is 4. The smallest absolute Gasteiger partial charge is 0.340 e. The molecule has 0 bridgehead atoms. The Morgan fingerprint density at radius 1 is 1.50 bits per heavy atom. The predicted molar refractivity (Wildman–Crippen MR) is 75.5 cm³/mol. The summed E-state index contributed by atoms with van der Waals surface area (Å²) in [7, 11) is 0. The quantitative estimate of drug-likeness (QED) is 0.648. The molecule has 1 atom stereocenters. The standard InChI is InChI=1S/C12H13Br2NO3/c13-7-4-9(11(15)10(14)5-7)12(16)18-6-8-2-1-3-17-8/h4-5,8H,1-3,6,15H2. The Bertz CT molecular complexity index is 459. The minimum Gasteiger partial charge on any atom is -0.459 e. The lowest BCUT2D eigenvalue weighted by Gasteiger charge is -2.12. The third kappa shape index (κ3) is 3.24. The van der Waals surface area contributed by atoms with Gasteiger partial charge in [-0.3, -0.25) is 0 Å². The van der Waals surface area contributed by atoms with Crippen LogP contribution in [0.1, 0.15) is 23.2 Å². The second kappa shape index (κ2) is 6.04. The molecule has 1 unspecified atom stereocenters. The van der Waals surface area contributed by atoms with E-state index in [2.05, 4.69) is 31.9 Å². The van der Waals surface area contributed by atoms with Crippen LogP contribution in [0.2, 0.25) is 0 Å². The van der Waals surface area contributed by atoms with E-state index in [0.717, 1.165) is 23.9 Å². The molecule has 2 N–H and O–H groups in total. The molecular formula is C12H13Br2NO3. The van der Waals surface area contributed by atoms with E-state index in [9.17, 15) is 4.79 Å². The summed E-state index contributed by atoms with van der Waals surface area (Å²) in [5.41, 5.74) is 6.58. The van der Waals surface area contributed by atoms with Crippen molar-refractivity contribution in [2.24, 2.45) is 0 Å². The van der Waals surface area contributed by atoms with Crippen molar-refractivity contribution >= 4 is 43.5 Å². The molecule has 0 saturated carbocycles. The van der Waals surface area contributed by atoms with Crippen LogP contribution in [-0.2, 0) is 9.47 Å². The van der Waals surface area contributed by atoms with Crippen LogP contribution >= 0.6 is 31.9 Å². The Morgan fingerprint density at radius 2 is 2.28 bits per heavy atom. The molecule has 0 radical (unpaired) electrons. The Morgan fingerprint density at radius 3 is 2.94 bits per heavy atom. The number of nitrogens with two attached hydrogens (primary N) is 1. The zero-order valence-corrected chi connectivity index (χ0v) is 12.8. The van der Waals surface area contributed by atoms with E-state index >= 15 is 0 Å². The van der Waals surface area contributed by atoms with E-state index in [0.29, 0.717) is 15.7 Å². The topological polar surface area (TPSA) is 61.6 Å². The first-order valence-electron chi connectivity index (χ1n) is 5.61. The van der Waals surface area contributed by atoms with Crippen LogP contribution in [0.25, 0.3) is 0 Å². The van der Waals surface area contributed by atoms with Crippen LogP contribution in [0.15, 0.2) is 21.1 Å². The Labute approximate surface area is 122 Å². The van der Waals surface area contributed by atoms with Crippen LogP contribution in [0.4, 0.5) is 5.69 Å². The van der Waals surface area contributed by atoms with Gasteiger partial charge in [0.25, 0.3) is 0 Å². The molecule has 1 saturated heterocycles. The fourth-order valence-corrected chi connectivity index (χ4v) is 3.00. The highest BCUT2D eigenvalue weighted by atomic mass is 79.9. The summed E-state index contributed by atoms with van der Waals surface area (Å²) in [6.07, 6.45) is 1.98. The predicted octanol–water partition coefficient (Wildman–Crippen LogP) is 3.13. The monoisotopic (exact) mass is 377 g/mol. The Kier molecular flexibility index (Phi) is 4.64. The summed E-state index contributed by atoms with van der Waals surface area (Å²) < 4.78 is 12.0. The molecular weight excluding hydrogens is 366 g/mol. The maximum absolute atomic E-state index is 11.9. The van der Waals surface area contributed by atoms with Gasteiger partial charge in [0.1, 0.15) is 6.61 Å². The van der Waals surface area contributed by atoms with Crippen molar-refractivity contribution in [2.45, 2.75) is 18.9 Å². The van der Waals surface area contributed by atoms with Crippen molar-refractivity contribution in [3.63, 3.8) is 0 Å². The molecule has 0 amide bonds. The van der Waals surface area contributed by atoms with Gasteiger partial charge in [0.05, 0.1) is 17.4 Å². The molecule has 98 valence electrons. The van der Waals surface area contributed by atoms with E-state index in [4.69, 9.17) is 15.2 Å². The van der Waals surface area contributed by atoms with Gasteiger partial charge in [-0.2, -0.15) is 0 Å². The van der Waals surface area contributed by atoms with Gasteiger partial charge in [0.15, 0.2) is 0 Å². The van der Waals surface area contributed by atoms with Crippen molar-refractivity contribution < 1.29 is 14.3 Å². The number of benzene rings is 1. The van der Waals surface area contributed by atoms with E-state index in [1.54, 1.807) is 12.1 Å². The number of hydrogen-bond donors (Lipinski definition) is 1. The largest absolute Gasteiger partial charge is 0.459 e. The Balaban J connectivity index is 2.04. The molecule has 1 aliphatic heterocycles. The molecule has 1 heterocycles. The normalized spacial score (nSPS) is 18.9. The first-order valence-corrected chi connectivity index (χ1v) is 7.20. The first kappa shape index (κ1) is 13.8. The van der Waals surface area contributed by atoms with Gasteiger partial charge in [-0.25, -0.2) is 4.79 Å². The minimum atomic E-state index is -0.426. The van der Waals surface area contributed by atoms with Crippen molar-refractivity contribution in [1.82, 2.24) is 0 Å². The van der Waals surface area contributed by atoms with Gasteiger partial charge in [-0.05, 0) is 40.9 Å². The fraction of sp³-hybridized carbons (Fsp3) is 0.417. The average Bonchev–Trinajstić information content (AvgIpc) is 2.83. The van der Waals surface area contributed by atoms with Crippen LogP contribution in [0.5, 0.6) is 0 Å². The van der Waals surface area contributed by atoms with Crippen LogP contribution in [0.3, 0.4) is 0 Å². The number of anilines is 1. The molecule has 0 aliphatic carbocycles. The molecule has 2 rings (SSSR count). The number of carbonyl (C=O) groups is 1. The molecule has 4 nitrogen and oxygen atoms in total. The Hall–Kier alpha value is -0.590. The number of esters is 1. The average molecular weight is 379 g/mol. The van der Waals surface area contributed by atoms with Crippen molar-refractivity contribution in [2.75, 3.05) is 18.9 Å². The van der Waals surface area contributed by atoms with Crippen LogP contribution < -0.4 is 5.73 Å². The summed E-state index contributed by atoms with van der Waals surface area (Å²) in [6, 6.07) is 3.43. The summed E-state index contributed by atoms with van der Waals surface area (Å²) in [5, 5.41) is 0. The number of rotatable bonds is 3. The van der Waals surface area contributed by atoms with Crippen LogP contribution in [-0.4, -0.2) is 25.3 Å². The maximum Gasteiger partial charge on any atom is 0.340 e. The second-order valence-electron chi connectivity index (χ2n) is 4.08. The molecule has 0 spiro atoms. The molecule has 1 fully saturated rings. The van der Waals surface area contributed by atoms with Gasteiger partial charge in [0, 0.05) is 15.6 Å². The van der Waals surface area contributed by atoms with Crippen molar-refractivity contribution in [1.29, 1.82) is 0 Å². The summed E-state index contributed by atoms with van der Waals surface area (Å²) in [5.74, 6) is -0.426. The lowest BCUT2D eigenvalue weighted by Crippen LogP contribution is -2.18. The molecule has 1 aliphatic rings. The third-order valence-corrected chi connectivity index (χ3v) is 3.85. The maximum atomic E-state index is 11.9. The molecule has 6 heteroatoms. The van der Waals surface area contributed by atoms with E-state index in [-0.39, 0.29) is 12.7 Å². The highest BCUT2D eigenvalue weighted by Crippen LogP contribution is 2.28.